The summed E-state index contributed by atoms with van der Waals surface area (Å²) < 4.78 is 11.1. The summed E-state index contributed by atoms with van der Waals surface area (Å²) in [5.41, 5.74) is 1.69. The van der Waals surface area contributed by atoms with Gasteiger partial charge in [-0.1, -0.05) is 56.3 Å². The number of amides is 1. The van der Waals surface area contributed by atoms with Gasteiger partial charge in [-0.2, -0.15) is 0 Å². The third-order valence-corrected chi connectivity index (χ3v) is 4.17. The smallest absolute Gasteiger partial charge is 0.287 e. The van der Waals surface area contributed by atoms with Gasteiger partial charge < -0.3 is 14.5 Å². The summed E-state index contributed by atoms with van der Waals surface area (Å²) in [6, 6.07) is 17.3. The van der Waals surface area contributed by atoms with E-state index in [1.165, 1.54) is 0 Å². The maximum atomic E-state index is 12.7. The minimum Gasteiger partial charge on any atom is -0.493 e. The summed E-state index contributed by atoms with van der Waals surface area (Å²) in [4.78, 5) is 12.7. The van der Waals surface area contributed by atoms with Crippen LogP contribution in [-0.4, -0.2) is 13.0 Å². The Labute approximate surface area is 147 Å². The van der Waals surface area contributed by atoms with Gasteiger partial charge in [0.25, 0.3) is 5.91 Å². The second-order valence-electron chi connectivity index (χ2n) is 6.56. The quantitative estimate of drug-likeness (QED) is 0.692. The molecule has 4 nitrogen and oxygen atoms in total. The van der Waals surface area contributed by atoms with E-state index in [1.54, 1.807) is 13.2 Å². The summed E-state index contributed by atoms with van der Waals surface area (Å²) in [5.74, 6) is 1.16. The van der Waals surface area contributed by atoms with Gasteiger partial charge in [-0.3, -0.25) is 4.79 Å². The van der Waals surface area contributed by atoms with Crippen molar-refractivity contribution in [2.75, 3.05) is 7.11 Å². The highest BCUT2D eigenvalue weighted by molar-refractivity contribution is 5.97. The van der Waals surface area contributed by atoms with Crippen LogP contribution in [0.2, 0.25) is 0 Å². The average Bonchev–Trinajstić information content (AvgIpc) is 3.06. The van der Waals surface area contributed by atoms with E-state index in [4.69, 9.17) is 9.15 Å². The van der Waals surface area contributed by atoms with E-state index in [2.05, 4.69) is 19.2 Å². The number of methoxy groups -OCH3 is 1. The molecule has 2 aromatic carbocycles. The molecular formula is C21H23NO3. The van der Waals surface area contributed by atoms with Crippen LogP contribution >= 0.6 is 0 Å². The van der Waals surface area contributed by atoms with Crippen molar-refractivity contribution in [3.05, 3.63) is 65.9 Å². The first kappa shape index (κ1) is 17.1. The van der Waals surface area contributed by atoms with Crippen molar-refractivity contribution in [3.8, 4) is 5.75 Å². The van der Waals surface area contributed by atoms with Gasteiger partial charge in [0.15, 0.2) is 17.1 Å². The van der Waals surface area contributed by atoms with Gasteiger partial charge >= 0.3 is 0 Å². The minimum atomic E-state index is -0.215. The van der Waals surface area contributed by atoms with Crippen LogP contribution in [0.1, 0.15) is 42.4 Å². The molecule has 0 saturated heterocycles. The highest BCUT2D eigenvalue weighted by Crippen LogP contribution is 2.29. The van der Waals surface area contributed by atoms with Crippen LogP contribution in [0.4, 0.5) is 0 Å². The fraction of sp³-hybridized carbons (Fsp3) is 0.286. The molecule has 1 aromatic heterocycles. The minimum absolute atomic E-state index is 0.0520. The van der Waals surface area contributed by atoms with Gasteiger partial charge in [-0.25, -0.2) is 0 Å². The highest BCUT2D eigenvalue weighted by Gasteiger charge is 2.20. The molecule has 1 atom stereocenters. The van der Waals surface area contributed by atoms with Gasteiger partial charge in [0.05, 0.1) is 13.2 Å². The number of carbonyl (C=O) groups is 1. The molecule has 25 heavy (non-hydrogen) atoms. The first-order chi connectivity index (χ1) is 12.1. The highest BCUT2D eigenvalue weighted by atomic mass is 16.5. The Hall–Kier alpha value is -2.75. The predicted octanol–water partition coefficient (Wildman–Crippen LogP) is 4.96. The zero-order chi connectivity index (χ0) is 17.8. The van der Waals surface area contributed by atoms with Crippen LogP contribution in [-0.2, 0) is 0 Å². The van der Waals surface area contributed by atoms with Crippen molar-refractivity contribution >= 4 is 16.9 Å². The second kappa shape index (κ2) is 7.43. The molecule has 3 rings (SSSR count). The molecule has 1 N–H and O–H groups in total. The number of fused-ring (bicyclic) bond motifs is 1. The lowest BCUT2D eigenvalue weighted by Gasteiger charge is -2.20. The summed E-state index contributed by atoms with van der Waals surface area (Å²) in [6.45, 7) is 4.29. The number of rotatable bonds is 6. The third kappa shape index (κ3) is 3.85. The van der Waals surface area contributed by atoms with E-state index in [0.29, 0.717) is 23.0 Å². The molecular weight excluding hydrogens is 314 g/mol. The molecule has 0 aliphatic heterocycles. The Kier molecular flexibility index (Phi) is 5.08. The SMILES string of the molecule is COc1cccc2cc(C(=O)N[C@@H](CC(C)C)c3ccccc3)oc12. The Morgan fingerprint density at radius 2 is 1.88 bits per heavy atom. The van der Waals surface area contributed by atoms with Gasteiger partial charge in [-0.15, -0.1) is 0 Å². The van der Waals surface area contributed by atoms with Crippen molar-refractivity contribution in [2.45, 2.75) is 26.3 Å². The lowest BCUT2D eigenvalue weighted by molar-refractivity contribution is 0.0906. The second-order valence-corrected chi connectivity index (χ2v) is 6.56. The van der Waals surface area contributed by atoms with Crippen molar-refractivity contribution in [2.24, 2.45) is 5.92 Å². The molecule has 3 aromatic rings. The molecule has 0 aliphatic carbocycles. The maximum Gasteiger partial charge on any atom is 0.287 e. The van der Waals surface area contributed by atoms with E-state index >= 15 is 0 Å². The van der Waals surface area contributed by atoms with Crippen molar-refractivity contribution in [1.29, 1.82) is 0 Å². The number of hydrogen-bond acceptors (Lipinski definition) is 3. The van der Waals surface area contributed by atoms with Crippen molar-refractivity contribution < 1.29 is 13.9 Å². The van der Waals surface area contributed by atoms with E-state index in [9.17, 15) is 4.79 Å². The van der Waals surface area contributed by atoms with Crippen molar-refractivity contribution in [3.63, 3.8) is 0 Å². The van der Waals surface area contributed by atoms with Gasteiger partial charge in [0.2, 0.25) is 0 Å². The fourth-order valence-electron chi connectivity index (χ4n) is 2.97. The van der Waals surface area contributed by atoms with Gasteiger partial charge in [-0.05, 0) is 30.0 Å². The molecule has 1 amide bonds. The number of ether oxygens (including phenoxy) is 1. The molecule has 0 spiro atoms. The van der Waals surface area contributed by atoms with Crippen LogP contribution < -0.4 is 10.1 Å². The van der Waals surface area contributed by atoms with Gasteiger partial charge in [0, 0.05) is 5.39 Å². The number of hydrogen-bond donors (Lipinski definition) is 1. The molecule has 0 saturated carbocycles. The molecule has 130 valence electrons. The first-order valence-electron chi connectivity index (χ1n) is 8.51. The molecule has 0 radical (unpaired) electrons. The maximum absolute atomic E-state index is 12.7. The topological polar surface area (TPSA) is 51.5 Å². The third-order valence-electron chi connectivity index (χ3n) is 4.17. The van der Waals surface area contributed by atoms with Crippen LogP contribution in [0.25, 0.3) is 11.0 Å². The van der Waals surface area contributed by atoms with Crippen LogP contribution in [0.5, 0.6) is 5.75 Å². The Morgan fingerprint density at radius 1 is 1.12 bits per heavy atom. The Morgan fingerprint density at radius 3 is 2.56 bits per heavy atom. The number of para-hydroxylation sites is 1. The normalized spacial score (nSPS) is 12.3. The largest absolute Gasteiger partial charge is 0.493 e. The molecule has 0 aliphatic rings. The lowest BCUT2D eigenvalue weighted by atomic mass is 9.97. The zero-order valence-electron chi connectivity index (χ0n) is 14.8. The zero-order valence-corrected chi connectivity index (χ0v) is 14.8. The number of furan rings is 1. The molecule has 0 fully saturated rings. The van der Waals surface area contributed by atoms with E-state index < -0.39 is 0 Å². The van der Waals surface area contributed by atoms with E-state index in [1.807, 2.05) is 48.5 Å². The average molecular weight is 337 g/mol. The molecule has 4 heteroatoms. The molecule has 0 bridgehead atoms. The molecule has 0 unspecified atom stereocenters. The summed E-state index contributed by atoms with van der Waals surface area (Å²) >= 11 is 0. The number of carbonyl (C=O) groups excluding carboxylic acids is 1. The van der Waals surface area contributed by atoms with Gasteiger partial charge in [0.1, 0.15) is 0 Å². The summed E-state index contributed by atoms with van der Waals surface area (Å²) in [7, 11) is 1.59. The van der Waals surface area contributed by atoms with Crippen molar-refractivity contribution in [1.82, 2.24) is 5.32 Å². The fourth-order valence-corrected chi connectivity index (χ4v) is 2.97. The van der Waals surface area contributed by atoms with Crippen LogP contribution in [0, 0.1) is 5.92 Å². The van der Waals surface area contributed by atoms with E-state index in [0.717, 1.165) is 17.4 Å². The molecule has 1 heterocycles. The number of benzene rings is 2. The Bertz CT molecular complexity index is 852. The van der Waals surface area contributed by atoms with Crippen LogP contribution in [0.15, 0.2) is 59.0 Å². The standard InChI is InChI=1S/C21H23NO3/c1-14(2)12-17(15-8-5-4-6-9-15)22-21(23)19-13-16-10-7-11-18(24-3)20(16)25-19/h4-11,13-14,17H,12H2,1-3H3,(H,22,23)/t17-/m0/s1. The Balaban J connectivity index is 1.86. The van der Waals surface area contributed by atoms with E-state index in [-0.39, 0.29) is 11.9 Å². The van der Waals surface area contributed by atoms with Crippen LogP contribution in [0.3, 0.4) is 0 Å². The summed E-state index contributed by atoms with van der Waals surface area (Å²) in [5, 5.41) is 3.96. The lowest BCUT2D eigenvalue weighted by Crippen LogP contribution is -2.29. The first-order valence-corrected chi connectivity index (χ1v) is 8.51. The summed E-state index contributed by atoms with van der Waals surface area (Å²) in [6.07, 6.45) is 0.860. The predicted molar refractivity (Wildman–Crippen MR) is 98.9 cm³/mol. The number of nitrogens with one attached hydrogen (secondary N) is 1. The monoisotopic (exact) mass is 337 g/mol.